The van der Waals surface area contributed by atoms with Crippen LogP contribution in [0.15, 0.2) is 0 Å². The summed E-state index contributed by atoms with van der Waals surface area (Å²) in [6.45, 7) is 5.91. The van der Waals surface area contributed by atoms with Gasteiger partial charge < -0.3 is 10.1 Å². The van der Waals surface area contributed by atoms with Crippen molar-refractivity contribution in [2.75, 3.05) is 6.54 Å². The highest BCUT2D eigenvalue weighted by molar-refractivity contribution is 5.01. The molecular weight excluding hydrogens is 222 g/mol. The highest BCUT2D eigenvalue weighted by atomic mass is 16.5. The van der Waals surface area contributed by atoms with E-state index in [4.69, 9.17) is 4.74 Å². The molecule has 2 heteroatoms. The van der Waals surface area contributed by atoms with Crippen LogP contribution in [0, 0.1) is 5.41 Å². The summed E-state index contributed by atoms with van der Waals surface area (Å²) in [5.41, 5.74) is 0.530. The molecule has 3 rings (SSSR count). The molecule has 2 aliphatic carbocycles. The van der Waals surface area contributed by atoms with Crippen LogP contribution in [0.4, 0.5) is 0 Å². The van der Waals surface area contributed by atoms with E-state index in [1.807, 2.05) is 0 Å². The summed E-state index contributed by atoms with van der Waals surface area (Å²) in [5, 5.41) is 3.84. The Morgan fingerprint density at radius 2 is 1.67 bits per heavy atom. The van der Waals surface area contributed by atoms with Crippen LogP contribution in [0.5, 0.6) is 0 Å². The summed E-state index contributed by atoms with van der Waals surface area (Å²) >= 11 is 0. The van der Waals surface area contributed by atoms with Crippen molar-refractivity contribution in [3.8, 4) is 0 Å². The average molecular weight is 251 g/mol. The maximum atomic E-state index is 6.75. The molecule has 2 saturated carbocycles. The van der Waals surface area contributed by atoms with Gasteiger partial charge in [0.05, 0.1) is 11.7 Å². The highest BCUT2D eigenvalue weighted by Crippen LogP contribution is 2.44. The van der Waals surface area contributed by atoms with E-state index in [1.165, 1.54) is 57.8 Å². The molecule has 1 N–H and O–H groups in total. The van der Waals surface area contributed by atoms with Gasteiger partial charge in [0.2, 0.25) is 0 Å². The molecule has 104 valence electrons. The quantitative estimate of drug-likeness (QED) is 0.709. The van der Waals surface area contributed by atoms with Gasteiger partial charge in [-0.25, -0.2) is 0 Å². The third kappa shape index (κ3) is 2.34. The molecule has 2 atom stereocenters. The molecule has 1 aliphatic heterocycles. The summed E-state index contributed by atoms with van der Waals surface area (Å²) in [6, 6.07) is 0.614. The Kier molecular flexibility index (Phi) is 3.44. The highest BCUT2D eigenvalue weighted by Gasteiger charge is 2.48. The fourth-order valence-electron chi connectivity index (χ4n) is 4.36. The summed E-state index contributed by atoms with van der Waals surface area (Å²) in [6.07, 6.45) is 12.5. The second-order valence-corrected chi connectivity index (χ2v) is 7.50. The molecule has 0 amide bonds. The lowest BCUT2D eigenvalue weighted by atomic mass is 9.70. The maximum Gasteiger partial charge on any atom is 0.0811 e. The summed E-state index contributed by atoms with van der Waals surface area (Å²) in [5.74, 6) is 0. The lowest BCUT2D eigenvalue weighted by molar-refractivity contribution is -0.191. The lowest BCUT2D eigenvalue weighted by Gasteiger charge is -2.53. The minimum absolute atomic E-state index is 0.173. The fraction of sp³-hybridized carbons (Fsp3) is 1.00. The number of fused-ring (bicyclic) bond motifs is 1. The Bertz CT molecular complexity index is 291. The van der Waals surface area contributed by atoms with Crippen LogP contribution >= 0.6 is 0 Å². The van der Waals surface area contributed by atoms with Crippen LogP contribution in [0.3, 0.4) is 0 Å². The molecule has 18 heavy (non-hydrogen) atoms. The SMILES string of the molecule is CC1(C)CCCC2NCC3(CCCCCC3)OC21. The zero-order chi connectivity index (χ0) is 12.6. The molecule has 1 heterocycles. The van der Waals surface area contributed by atoms with Crippen molar-refractivity contribution < 1.29 is 4.74 Å². The largest absolute Gasteiger partial charge is 0.368 e. The van der Waals surface area contributed by atoms with Crippen molar-refractivity contribution in [3.63, 3.8) is 0 Å². The van der Waals surface area contributed by atoms with Gasteiger partial charge in [-0.1, -0.05) is 46.0 Å². The van der Waals surface area contributed by atoms with Gasteiger partial charge in [-0.05, 0) is 31.1 Å². The second-order valence-electron chi connectivity index (χ2n) is 7.50. The van der Waals surface area contributed by atoms with Crippen LogP contribution in [-0.2, 0) is 4.74 Å². The van der Waals surface area contributed by atoms with Crippen LogP contribution in [0.1, 0.15) is 71.6 Å². The van der Waals surface area contributed by atoms with Gasteiger partial charge in [-0.15, -0.1) is 0 Å². The summed E-state index contributed by atoms with van der Waals surface area (Å²) in [4.78, 5) is 0. The number of rotatable bonds is 0. The normalized spacial score (nSPS) is 39.0. The summed E-state index contributed by atoms with van der Waals surface area (Å²) < 4.78 is 6.75. The molecule has 2 unspecified atom stereocenters. The van der Waals surface area contributed by atoms with Crippen molar-refractivity contribution in [2.24, 2.45) is 5.41 Å². The van der Waals surface area contributed by atoms with Crippen molar-refractivity contribution in [1.29, 1.82) is 0 Å². The van der Waals surface area contributed by atoms with Crippen molar-refractivity contribution in [2.45, 2.75) is 89.4 Å². The van der Waals surface area contributed by atoms with E-state index in [1.54, 1.807) is 0 Å². The van der Waals surface area contributed by atoms with Gasteiger partial charge in [0, 0.05) is 12.6 Å². The van der Waals surface area contributed by atoms with Crippen LogP contribution in [0.2, 0.25) is 0 Å². The lowest BCUT2D eigenvalue weighted by Crippen LogP contribution is -2.64. The zero-order valence-electron chi connectivity index (χ0n) is 12.1. The van der Waals surface area contributed by atoms with Gasteiger partial charge in [0.15, 0.2) is 0 Å². The number of ether oxygens (including phenoxy) is 1. The molecule has 3 fully saturated rings. The first-order valence-corrected chi connectivity index (χ1v) is 8.03. The van der Waals surface area contributed by atoms with E-state index in [0.717, 1.165) is 6.54 Å². The van der Waals surface area contributed by atoms with E-state index in [-0.39, 0.29) is 5.60 Å². The molecular formula is C16H29NO. The third-order valence-corrected chi connectivity index (χ3v) is 5.55. The fourth-order valence-corrected chi connectivity index (χ4v) is 4.36. The molecule has 0 bridgehead atoms. The average Bonchev–Trinajstić information content (AvgIpc) is 2.56. The Labute approximate surface area is 112 Å². The number of hydrogen-bond donors (Lipinski definition) is 1. The second kappa shape index (κ2) is 4.79. The Hall–Kier alpha value is -0.0800. The molecule has 0 aromatic carbocycles. The number of morpholine rings is 1. The number of hydrogen-bond acceptors (Lipinski definition) is 2. The predicted octanol–water partition coefficient (Wildman–Crippen LogP) is 3.65. The Balaban J connectivity index is 1.76. The van der Waals surface area contributed by atoms with E-state index in [0.29, 0.717) is 17.6 Å². The molecule has 2 nitrogen and oxygen atoms in total. The minimum Gasteiger partial charge on any atom is -0.368 e. The van der Waals surface area contributed by atoms with Gasteiger partial charge in [0.1, 0.15) is 0 Å². The van der Waals surface area contributed by atoms with Gasteiger partial charge >= 0.3 is 0 Å². The predicted molar refractivity (Wildman–Crippen MR) is 74.7 cm³/mol. The van der Waals surface area contributed by atoms with Crippen molar-refractivity contribution in [3.05, 3.63) is 0 Å². The standard InChI is InChI=1S/C16H29NO/c1-15(2)9-7-8-13-14(15)18-16(12-17-13)10-5-3-4-6-11-16/h13-14,17H,3-12H2,1-2H3. The molecule has 1 saturated heterocycles. The van der Waals surface area contributed by atoms with E-state index in [2.05, 4.69) is 19.2 Å². The molecule has 0 radical (unpaired) electrons. The first-order chi connectivity index (χ1) is 8.61. The van der Waals surface area contributed by atoms with Crippen molar-refractivity contribution in [1.82, 2.24) is 5.32 Å². The minimum atomic E-state index is 0.173. The van der Waals surface area contributed by atoms with E-state index >= 15 is 0 Å². The zero-order valence-corrected chi connectivity index (χ0v) is 12.1. The van der Waals surface area contributed by atoms with Crippen LogP contribution in [0.25, 0.3) is 0 Å². The monoisotopic (exact) mass is 251 g/mol. The van der Waals surface area contributed by atoms with E-state index in [9.17, 15) is 0 Å². The third-order valence-electron chi connectivity index (χ3n) is 5.55. The Morgan fingerprint density at radius 1 is 0.944 bits per heavy atom. The Morgan fingerprint density at radius 3 is 2.39 bits per heavy atom. The maximum absolute atomic E-state index is 6.75. The van der Waals surface area contributed by atoms with Gasteiger partial charge in [-0.3, -0.25) is 0 Å². The van der Waals surface area contributed by atoms with Crippen LogP contribution < -0.4 is 5.32 Å². The topological polar surface area (TPSA) is 21.3 Å². The molecule has 3 aliphatic rings. The van der Waals surface area contributed by atoms with Gasteiger partial charge in [0.25, 0.3) is 0 Å². The van der Waals surface area contributed by atoms with Crippen LogP contribution in [-0.4, -0.2) is 24.3 Å². The molecule has 0 aromatic heterocycles. The molecule has 1 spiro atoms. The van der Waals surface area contributed by atoms with Gasteiger partial charge in [-0.2, -0.15) is 0 Å². The van der Waals surface area contributed by atoms with E-state index < -0.39 is 0 Å². The number of nitrogens with one attached hydrogen (secondary N) is 1. The van der Waals surface area contributed by atoms with Crippen molar-refractivity contribution >= 4 is 0 Å². The first kappa shape index (κ1) is 12.9. The molecule has 0 aromatic rings. The summed E-state index contributed by atoms with van der Waals surface area (Å²) in [7, 11) is 0. The smallest absolute Gasteiger partial charge is 0.0811 e. The first-order valence-electron chi connectivity index (χ1n) is 8.03.